The summed E-state index contributed by atoms with van der Waals surface area (Å²) in [5.74, 6) is -0.851. The van der Waals surface area contributed by atoms with Crippen molar-refractivity contribution < 1.29 is 14.3 Å². The van der Waals surface area contributed by atoms with E-state index in [-0.39, 0.29) is 23.5 Å². The van der Waals surface area contributed by atoms with Crippen molar-refractivity contribution in [3.8, 4) is 12.1 Å². The molecule has 1 N–H and O–H groups in total. The first-order valence-corrected chi connectivity index (χ1v) is 8.29. The molecule has 1 aromatic carbocycles. The number of hydrazone groups is 1. The van der Waals surface area contributed by atoms with Crippen molar-refractivity contribution >= 4 is 23.3 Å². The highest BCUT2D eigenvalue weighted by Gasteiger charge is 2.30. The van der Waals surface area contributed by atoms with Crippen molar-refractivity contribution in [3.63, 3.8) is 0 Å². The third kappa shape index (κ3) is 4.58. The van der Waals surface area contributed by atoms with Gasteiger partial charge in [-0.15, -0.1) is 0 Å². The van der Waals surface area contributed by atoms with E-state index in [9.17, 15) is 9.59 Å². The predicted octanol–water partition coefficient (Wildman–Crippen LogP) is 1.92. The molecule has 1 aliphatic rings. The molecule has 1 saturated heterocycles. The number of amides is 1. The Hall–Kier alpha value is -3.39. The van der Waals surface area contributed by atoms with E-state index in [4.69, 9.17) is 15.3 Å². The van der Waals surface area contributed by atoms with E-state index < -0.39 is 0 Å². The Labute approximate surface area is 151 Å². The number of nitrogens with one attached hydrogen (secondary N) is 1. The van der Waals surface area contributed by atoms with Crippen molar-refractivity contribution in [2.45, 2.75) is 19.8 Å². The monoisotopic (exact) mass is 353 g/mol. The van der Waals surface area contributed by atoms with Gasteiger partial charge in [-0.25, -0.2) is 0 Å². The highest BCUT2D eigenvalue weighted by molar-refractivity contribution is 6.10. The van der Waals surface area contributed by atoms with Crippen LogP contribution in [0.15, 0.2) is 29.4 Å². The first kappa shape index (κ1) is 18.9. The Balaban J connectivity index is 2.17. The average molecular weight is 353 g/mol. The Morgan fingerprint density at radius 3 is 2.77 bits per heavy atom. The van der Waals surface area contributed by atoms with E-state index in [1.54, 1.807) is 48.2 Å². The summed E-state index contributed by atoms with van der Waals surface area (Å²) < 4.78 is 5.06. The van der Waals surface area contributed by atoms with Gasteiger partial charge in [-0.2, -0.15) is 15.6 Å². The van der Waals surface area contributed by atoms with Crippen molar-refractivity contribution in [1.29, 1.82) is 10.5 Å². The van der Waals surface area contributed by atoms with Crippen LogP contribution in [0.2, 0.25) is 0 Å². The van der Waals surface area contributed by atoms with Crippen LogP contribution in [0.1, 0.15) is 30.1 Å². The van der Waals surface area contributed by atoms with Crippen LogP contribution in [0, 0.1) is 28.6 Å². The summed E-state index contributed by atoms with van der Waals surface area (Å²) in [5.41, 5.74) is 3.00. The molecule has 134 valence electrons. The largest absolute Gasteiger partial charge is 0.466 e. The average Bonchev–Trinajstić information content (AvgIpc) is 2.69. The van der Waals surface area contributed by atoms with Crippen LogP contribution < -0.4 is 5.43 Å². The van der Waals surface area contributed by atoms with Gasteiger partial charge in [0.2, 0.25) is 5.71 Å². The summed E-state index contributed by atoms with van der Waals surface area (Å²) in [5, 5.41) is 21.2. The number of hydrogen-bond donors (Lipinski definition) is 1. The lowest BCUT2D eigenvalue weighted by Gasteiger charge is -2.32. The Morgan fingerprint density at radius 1 is 1.35 bits per heavy atom. The van der Waals surface area contributed by atoms with Crippen LogP contribution in [0.5, 0.6) is 0 Å². The summed E-state index contributed by atoms with van der Waals surface area (Å²) in [6.45, 7) is 2.92. The van der Waals surface area contributed by atoms with E-state index in [0.29, 0.717) is 37.4 Å². The van der Waals surface area contributed by atoms with Crippen molar-refractivity contribution in [3.05, 3.63) is 29.8 Å². The normalized spacial score (nSPS) is 16.0. The van der Waals surface area contributed by atoms with Gasteiger partial charge in [-0.1, -0.05) is 12.1 Å². The molecule has 1 fully saturated rings. The molecule has 1 heterocycles. The molecule has 0 spiro atoms. The first-order valence-electron chi connectivity index (χ1n) is 8.29. The number of piperidine rings is 1. The van der Waals surface area contributed by atoms with Crippen molar-refractivity contribution in [2.24, 2.45) is 11.0 Å². The quantitative estimate of drug-likeness (QED) is 0.491. The van der Waals surface area contributed by atoms with Crippen LogP contribution in [0.3, 0.4) is 0 Å². The van der Waals surface area contributed by atoms with Crippen LogP contribution in [0.25, 0.3) is 0 Å². The molecule has 1 aliphatic heterocycles. The molecule has 26 heavy (non-hydrogen) atoms. The standard InChI is InChI=1S/C18H19N5O3/c1-2-26-18(25)13-6-5-9-23(12-13)17(24)15-7-3-4-8-16(15)22-21-14(10-19)11-20/h3-4,7-8,13,22H,2,5-6,9,12H2,1H3. The van der Waals surface area contributed by atoms with Gasteiger partial charge in [0.25, 0.3) is 5.91 Å². The molecule has 8 nitrogen and oxygen atoms in total. The van der Waals surface area contributed by atoms with Gasteiger partial charge in [-0.05, 0) is 31.9 Å². The van der Waals surface area contributed by atoms with E-state index in [0.717, 1.165) is 6.42 Å². The maximum Gasteiger partial charge on any atom is 0.310 e. The number of anilines is 1. The second-order valence-corrected chi connectivity index (χ2v) is 5.68. The molecular formula is C18H19N5O3. The molecule has 1 aromatic rings. The van der Waals surface area contributed by atoms with Crippen LogP contribution in [-0.2, 0) is 9.53 Å². The first-order chi connectivity index (χ1) is 12.6. The van der Waals surface area contributed by atoms with E-state index in [2.05, 4.69) is 10.5 Å². The molecular weight excluding hydrogens is 334 g/mol. The fourth-order valence-electron chi connectivity index (χ4n) is 2.74. The van der Waals surface area contributed by atoms with Gasteiger partial charge in [0, 0.05) is 13.1 Å². The van der Waals surface area contributed by atoms with E-state index in [1.165, 1.54) is 0 Å². The number of ether oxygens (including phenoxy) is 1. The summed E-state index contributed by atoms with van der Waals surface area (Å²) >= 11 is 0. The van der Waals surface area contributed by atoms with Crippen molar-refractivity contribution in [1.82, 2.24) is 4.90 Å². The zero-order valence-corrected chi connectivity index (χ0v) is 14.4. The van der Waals surface area contributed by atoms with Gasteiger partial charge in [0.1, 0.15) is 12.1 Å². The van der Waals surface area contributed by atoms with E-state index >= 15 is 0 Å². The van der Waals surface area contributed by atoms with Gasteiger partial charge in [-0.3, -0.25) is 15.0 Å². The maximum absolute atomic E-state index is 12.9. The van der Waals surface area contributed by atoms with Crippen molar-refractivity contribution in [2.75, 3.05) is 25.1 Å². The highest BCUT2D eigenvalue weighted by Crippen LogP contribution is 2.23. The smallest absolute Gasteiger partial charge is 0.310 e. The van der Waals surface area contributed by atoms with Gasteiger partial charge in [0.15, 0.2) is 0 Å². The molecule has 8 heteroatoms. The minimum absolute atomic E-state index is 0.243. The summed E-state index contributed by atoms with van der Waals surface area (Å²) in [4.78, 5) is 26.5. The maximum atomic E-state index is 12.9. The molecule has 0 aliphatic carbocycles. The SMILES string of the molecule is CCOC(=O)C1CCCN(C(=O)c2ccccc2NN=C(C#N)C#N)C1. The third-order valence-corrected chi connectivity index (χ3v) is 3.99. The minimum Gasteiger partial charge on any atom is -0.466 e. The predicted molar refractivity (Wildman–Crippen MR) is 94.0 cm³/mol. The number of carbonyl (C=O) groups excluding carboxylic acids is 2. The Morgan fingerprint density at radius 2 is 2.08 bits per heavy atom. The lowest BCUT2D eigenvalue weighted by atomic mass is 9.97. The second-order valence-electron chi connectivity index (χ2n) is 5.68. The Kier molecular flexibility index (Phi) is 6.69. The fourth-order valence-corrected chi connectivity index (χ4v) is 2.74. The number of hydrogen-bond acceptors (Lipinski definition) is 7. The highest BCUT2D eigenvalue weighted by atomic mass is 16.5. The number of nitriles is 2. The zero-order valence-electron chi connectivity index (χ0n) is 14.4. The number of esters is 1. The van der Waals surface area contributed by atoms with Gasteiger partial charge < -0.3 is 9.64 Å². The summed E-state index contributed by atoms with van der Waals surface area (Å²) in [7, 11) is 0. The lowest BCUT2D eigenvalue weighted by Crippen LogP contribution is -2.43. The Bertz CT molecular complexity index is 775. The van der Waals surface area contributed by atoms with Crippen LogP contribution >= 0.6 is 0 Å². The molecule has 1 unspecified atom stereocenters. The molecule has 1 amide bonds. The fraction of sp³-hybridized carbons (Fsp3) is 0.389. The molecule has 0 saturated carbocycles. The number of nitrogens with zero attached hydrogens (tertiary/aromatic N) is 4. The summed E-state index contributed by atoms with van der Waals surface area (Å²) in [6, 6.07) is 9.98. The van der Waals surface area contributed by atoms with Gasteiger partial charge in [0.05, 0.1) is 23.8 Å². The topological polar surface area (TPSA) is 119 Å². The van der Waals surface area contributed by atoms with E-state index in [1.807, 2.05) is 0 Å². The molecule has 0 bridgehead atoms. The molecule has 0 radical (unpaired) electrons. The molecule has 2 rings (SSSR count). The zero-order chi connectivity index (χ0) is 18.9. The number of likely N-dealkylation sites (tertiary alicyclic amines) is 1. The number of para-hydroxylation sites is 1. The van der Waals surface area contributed by atoms with Gasteiger partial charge >= 0.3 is 5.97 Å². The van der Waals surface area contributed by atoms with Crippen LogP contribution in [0.4, 0.5) is 5.69 Å². The minimum atomic E-state index is -0.340. The molecule has 0 aromatic heterocycles. The second kappa shape index (κ2) is 9.19. The number of carbonyl (C=O) groups is 2. The number of benzene rings is 1. The summed E-state index contributed by atoms with van der Waals surface area (Å²) in [6.07, 6.45) is 1.41. The number of rotatable bonds is 5. The molecule has 1 atom stereocenters. The van der Waals surface area contributed by atoms with Crippen LogP contribution in [-0.4, -0.2) is 42.2 Å². The lowest BCUT2D eigenvalue weighted by molar-refractivity contribution is -0.149. The third-order valence-electron chi connectivity index (χ3n) is 3.99.